The van der Waals surface area contributed by atoms with Crippen LogP contribution in [0.1, 0.15) is 17.3 Å². The maximum absolute atomic E-state index is 6.33. The number of benzene rings is 2. The van der Waals surface area contributed by atoms with Crippen LogP contribution >= 0.6 is 11.6 Å². The van der Waals surface area contributed by atoms with E-state index in [0.29, 0.717) is 5.02 Å². The zero-order valence-electron chi connectivity index (χ0n) is 10.5. The van der Waals surface area contributed by atoms with Gasteiger partial charge in [-0.25, -0.2) is 0 Å². The number of aromatic nitrogens is 2. The lowest BCUT2D eigenvalue weighted by molar-refractivity contribution is 0.732. The average Bonchev–Trinajstić information content (AvgIpc) is 2.76. The lowest BCUT2D eigenvalue weighted by atomic mass is 10.0. The molecule has 1 atom stereocenters. The molecule has 0 aliphatic rings. The highest BCUT2D eigenvalue weighted by atomic mass is 35.5. The van der Waals surface area contributed by atoms with Gasteiger partial charge in [-0.3, -0.25) is 4.68 Å². The summed E-state index contributed by atoms with van der Waals surface area (Å²) in [7, 11) is 1.93. The molecule has 0 saturated heterocycles. The number of nitrogens with zero attached hydrogens (tertiary/aromatic N) is 2. The summed E-state index contributed by atoms with van der Waals surface area (Å²) in [6.07, 6.45) is 0. The summed E-state index contributed by atoms with van der Waals surface area (Å²) in [4.78, 5) is 0. The molecule has 19 heavy (non-hydrogen) atoms. The minimum Gasteiger partial charge on any atom is -0.319 e. The van der Waals surface area contributed by atoms with E-state index in [0.717, 1.165) is 22.2 Å². The quantitative estimate of drug-likeness (QED) is 0.777. The molecule has 1 heterocycles. The fraction of sp³-hybridized carbons (Fsp3) is 0.133. The van der Waals surface area contributed by atoms with Crippen molar-refractivity contribution < 1.29 is 0 Å². The summed E-state index contributed by atoms with van der Waals surface area (Å²) in [6.45, 7) is 0. The third kappa shape index (κ3) is 2.11. The molecular formula is C15H14ClN3. The molecule has 3 nitrogen and oxygen atoms in total. The van der Waals surface area contributed by atoms with Crippen molar-refractivity contribution in [2.24, 2.45) is 12.8 Å². The van der Waals surface area contributed by atoms with Gasteiger partial charge in [-0.1, -0.05) is 41.9 Å². The molecule has 0 aliphatic heterocycles. The first-order valence-electron chi connectivity index (χ1n) is 6.09. The van der Waals surface area contributed by atoms with Crippen LogP contribution in [0.25, 0.3) is 10.9 Å². The zero-order valence-corrected chi connectivity index (χ0v) is 11.3. The second-order valence-electron chi connectivity index (χ2n) is 4.56. The molecule has 0 aliphatic carbocycles. The third-order valence-electron chi connectivity index (χ3n) is 3.29. The molecule has 96 valence electrons. The molecule has 0 amide bonds. The van der Waals surface area contributed by atoms with Crippen molar-refractivity contribution in [3.05, 3.63) is 64.8 Å². The molecule has 2 N–H and O–H groups in total. The molecule has 0 radical (unpaired) electrons. The Kier molecular flexibility index (Phi) is 3.01. The Morgan fingerprint density at radius 2 is 1.95 bits per heavy atom. The van der Waals surface area contributed by atoms with Crippen LogP contribution in [-0.4, -0.2) is 9.78 Å². The van der Waals surface area contributed by atoms with Crippen LogP contribution in [0.4, 0.5) is 0 Å². The Labute approximate surface area is 116 Å². The van der Waals surface area contributed by atoms with Gasteiger partial charge in [-0.15, -0.1) is 0 Å². The maximum atomic E-state index is 6.33. The van der Waals surface area contributed by atoms with Crippen LogP contribution in [0.5, 0.6) is 0 Å². The Morgan fingerprint density at radius 1 is 1.16 bits per heavy atom. The fourth-order valence-electron chi connectivity index (χ4n) is 2.33. The highest BCUT2D eigenvalue weighted by Gasteiger charge is 2.17. The van der Waals surface area contributed by atoms with E-state index in [-0.39, 0.29) is 6.04 Å². The molecule has 0 bridgehead atoms. The molecule has 1 aromatic heterocycles. The normalized spacial score (nSPS) is 12.8. The fourth-order valence-corrected chi connectivity index (χ4v) is 2.53. The number of aryl methyl sites for hydroxylation is 1. The molecular weight excluding hydrogens is 258 g/mol. The van der Waals surface area contributed by atoms with Crippen LogP contribution in [-0.2, 0) is 7.05 Å². The van der Waals surface area contributed by atoms with Crippen LogP contribution < -0.4 is 5.73 Å². The van der Waals surface area contributed by atoms with Gasteiger partial charge in [0.25, 0.3) is 0 Å². The van der Waals surface area contributed by atoms with Gasteiger partial charge in [0, 0.05) is 17.5 Å². The predicted octanol–water partition coefficient (Wildman–Crippen LogP) is 3.27. The number of rotatable bonds is 2. The number of fused-ring (bicyclic) bond motifs is 1. The minimum atomic E-state index is -0.273. The predicted molar refractivity (Wildman–Crippen MR) is 78.2 cm³/mol. The lowest BCUT2D eigenvalue weighted by Crippen LogP contribution is -2.13. The second-order valence-corrected chi connectivity index (χ2v) is 5.00. The molecule has 3 rings (SSSR count). The highest BCUT2D eigenvalue weighted by molar-refractivity contribution is 6.30. The Bertz CT molecular complexity index is 733. The van der Waals surface area contributed by atoms with Crippen molar-refractivity contribution in [3.8, 4) is 0 Å². The Morgan fingerprint density at radius 3 is 2.74 bits per heavy atom. The van der Waals surface area contributed by atoms with Gasteiger partial charge in [0.05, 0.1) is 17.3 Å². The van der Waals surface area contributed by atoms with Crippen molar-refractivity contribution in [3.63, 3.8) is 0 Å². The van der Waals surface area contributed by atoms with E-state index in [1.165, 1.54) is 0 Å². The maximum Gasteiger partial charge on any atom is 0.0915 e. The van der Waals surface area contributed by atoms with Gasteiger partial charge in [-0.2, -0.15) is 5.10 Å². The van der Waals surface area contributed by atoms with E-state index in [2.05, 4.69) is 5.10 Å². The summed E-state index contributed by atoms with van der Waals surface area (Å²) >= 11 is 6.02. The molecule has 2 aromatic carbocycles. The summed E-state index contributed by atoms with van der Waals surface area (Å²) in [5.41, 5.74) is 9.25. The summed E-state index contributed by atoms with van der Waals surface area (Å²) in [5.74, 6) is 0. The molecule has 3 aromatic rings. The molecule has 1 unspecified atom stereocenters. The van der Waals surface area contributed by atoms with Crippen LogP contribution in [0, 0.1) is 0 Å². The standard InChI is InChI=1S/C15H14ClN3/c1-19-13-8-3-2-7-12(13)15(18-19)14(17)10-5-4-6-11(16)9-10/h2-9,14H,17H2,1H3. The first-order chi connectivity index (χ1) is 9.16. The Hall–Kier alpha value is -1.84. The number of halogens is 1. The van der Waals surface area contributed by atoms with Gasteiger partial charge in [0.1, 0.15) is 0 Å². The van der Waals surface area contributed by atoms with Crippen molar-refractivity contribution in [2.75, 3.05) is 0 Å². The first-order valence-corrected chi connectivity index (χ1v) is 6.47. The topological polar surface area (TPSA) is 43.8 Å². The molecule has 0 fully saturated rings. The van der Waals surface area contributed by atoms with E-state index in [9.17, 15) is 0 Å². The Balaban J connectivity index is 2.14. The summed E-state index contributed by atoms with van der Waals surface area (Å²) in [6, 6.07) is 15.4. The van der Waals surface area contributed by atoms with E-state index < -0.39 is 0 Å². The first kappa shape index (κ1) is 12.2. The van der Waals surface area contributed by atoms with Crippen LogP contribution in [0.3, 0.4) is 0 Å². The monoisotopic (exact) mass is 271 g/mol. The van der Waals surface area contributed by atoms with Crippen molar-refractivity contribution >= 4 is 22.5 Å². The average molecular weight is 272 g/mol. The molecule has 4 heteroatoms. The SMILES string of the molecule is Cn1nc(C(N)c2cccc(Cl)c2)c2ccccc21. The number of para-hydroxylation sites is 1. The van der Waals surface area contributed by atoms with Crippen LogP contribution in [0.15, 0.2) is 48.5 Å². The largest absolute Gasteiger partial charge is 0.319 e. The van der Waals surface area contributed by atoms with E-state index in [4.69, 9.17) is 17.3 Å². The van der Waals surface area contributed by atoms with Crippen molar-refractivity contribution in [1.82, 2.24) is 9.78 Å². The summed E-state index contributed by atoms with van der Waals surface area (Å²) < 4.78 is 1.86. The van der Waals surface area contributed by atoms with Gasteiger partial charge in [-0.05, 0) is 23.8 Å². The zero-order chi connectivity index (χ0) is 13.4. The van der Waals surface area contributed by atoms with Gasteiger partial charge >= 0.3 is 0 Å². The van der Waals surface area contributed by atoms with Gasteiger partial charge < -0.3 is 5.73 Å². The van der Waals surface area contributed by atoms with Gasteiger partial charge in [0.15, 0.2) is 0 Å². The smallest absolute Gasteiger partial charge is 0.0915 e. The molecule has 0 saturated carbocycles. The van der Waals surface area contributed by atoms with Crippen molar-refractivity contribution in [2.45, 2.75) is 6.04 Å². The van der Waals surface area contributed by atoms with E-state index >= 15 is 0 Å². The molecule has 0 spiro atoms. The highest BCUT2D eigenvalue weighted by Crippen LogP contribution is 2.27. The second kappa shape index (κ2) is 4.68. The van der Waals surface area contributed by atoms with Crippen molar-refractivity contribution in [1.29, 1.82) is 0 Å². The van der Waals surface area contributed by atoms with E-state index in [1.54, 1.807) is 0 Å². The number of hydrogen-bond acceptors (Lipinski definition) is 2. The lowest BCUT2D eigenvalue weighted by Gasteiger charge is -2.10. The number of hydrogen-bond donors (Lipinski definition) is 1. The van der Waals surface area contributed by atoms with Crippen LogP contribution in [0.2, 0.25) is 5.02 Å². The minimum absolute atomic E-state index is 0.273. The number of nitrogens with two attached hydrogens (primary N) is 1. The summed E-state index contributed by atoms with van der Waals surface area (Å²) in [5, 5.41) is 6.31. The van der Waals surface area contributed by atoms with Gasteiger partial charge in [0.2, 0.25) is 0 Å². The third-order valence-corrected chi connectivity index (χ3v) is 3.52. The van der Waals surface area contributed by atoms with E-state index in [1.807, 2.05) is 60.3 Å².